The van der Waals surface area contributed by atoms with Gasteiger partial charge in [-0.05, 0) is 43.0 Å². The Kier molecular flexibility index (Phi) is 3.70. The van der Waals surface area contributed by atoms with E-state index >= 15 is 0 Å². The molecule has 20 heavy (non-hydrogen) atoms. The van der Waals surface area contributed by atoms with Crippen LogP contribution < -0.4 is 5.32 Å². The van der Waals surface area contributed by atoms with Gasteiger partial charge in [0.2, 0.25) is 0 Å². The minimum atomic E-state index is -0.129. The van der Waals surface area contributed by atoms with E-state index in [0.29, 0.717) is 22.3 Å². The van der Waals surface area contributed by atoms with Crippen LogP contribution in [0.15, 0.2) is 28.7 Å². The van der Waals surface area contributed by atoms with Crippen LogP contribution in [0.1, 0.15) is 43.2 Å². The zero-order valence-corrected chi connectivity index (χ0v) is 12.2. The second-order valence-corrected chi connectivity index (χ2v) is 6.07. The standard InChI is InChI=1S/C16H18ClNO2/c1-10-4-2-3-5-13(10)18-16(19)15-9-11-8-12(17)6-7-14(11)20-15/h6-10,13H,2-5H2,1H3,(H,18,19)/t10-,13+/m1/s1. The molecule has 1 aliphatic rings. The maximum atomic E-state index is 12.3. The lowest BCUT2D eigenvalue weighted by molar-refractivity contribution is 0.0884. The van der Waals surface area contributed by atoms with Crippen molar-refractivity contribution in [3.05, 3.63) is 35.0 Å². The van der Waals surface area contributed by atoms with E-state index in [1.807, 2.05) is 0 Å². The number of nitrogens with one attached hydrogen (secondary N) is 1. The van der Waals surface area contributed by atoms with Crippen molar-refractivity contribution >= 4 is 28.5 Å². The van der Waals surface area contributed by atoms with Gasteiger partial charge in [-0.2, -0.15) is 0 Å². The Morgan fingerprint density at radius 3 is 2.90 bits per heavy atom. The average molecular weight is 292 g/mol. The zero-order chi connectivity index (χ0) is 14.1. The van der Waals surface area contributed by atoms with E-state index in [-0.39, 0.29) is 11.9 Å². The van der Waals surface area contributed by atoms with Crippen molar-refractivity contribution in [3.63, 3.8) is 0 Å². The number of fused-ring (bicyclic) bond motifs is 1. The van der Waals surface area contributed by atoms with E-state index in [4.69, 9.17) is 16.0 Å². The smallest absolute Gasteiger partial charge is 0.287 e. The molecule has 0 saturated heterocycles. The van der Waals surface area contributed by atoms with Crippen LogP contribution in [0.2, 0.25) is 5.02 Å². The summed E-state index contributed by atoms with van der Waals surface area (Å²) >= 11 is 5.94. The lowest BCUT2D eigenvalue weighted by Gasteiger charge is -2.29. The number of benzene rings is 1. The van der Waals surface area contributed by atoms with Crippen LogP contribution in [0, 0.1) is 5.92 Å². The summed E-state index contributed by atoms with van der Waals surface area (Å²) in [5, 5.41) is 4.60. The van der Waals surface area contributed by atoms with Gasteiger partial charge in [0.25, 0.3) is 5.91 Å². The number of halogens is 1. The van der Waals surface area contributed by atoms with E-state index in [2.05, 4.69) is 12.2 Å². The van der Waals surface area contributed by atoms with Gasteiger partial charge in [0.1, 0.15) is 5.58 Å². The first-order valence-electron chi connectivity index (χ1n) is 7.13. The third-order valence-corrected chi connectivity index (χ3v) is 4.37. The van der Waals surface area contributed by atoms with Crippen molar-refractivity contribution in [2.24, 2.45) is 5.92 Å². The quantitative estimate of drug-likeness (QED) is 0.891. The van der Waals surface area contributed by atoms with E-state index in [1.165, 1.54) is 19.3 Å². The minimum absolute atomic E-state index is 0.129. The van der Waals surface area contributed by atoms with Crippen molar-refractivity contribution in [3.8, 4) is 0 Å². The Morgan fingerprint density at radius 1 is 1.30 bits per heavy atom. The predicted octanol–water partition coefficient (Wildman–Crippen LogP) is 4.39. The molecule has 1 aliphatic carbocycles. The number of carbonyl (C=O) groups excluding carboxylic acids is 1. The number of furan rings is 1. The molecule has 1 N–H and O–H groups in total. The first-order valence-corrected chi connectivity index (χ1v) is 7.51. The van der Waals surface area contributed by atoms with Crippen molar-refractivity contribution < 1.29 is 9.21 Å². The minimum Gasteiger partial charge on any atom is -0.451 e. The number of rotatable bonds is 2. The summed E-state index contributed by atoms with van der Waals surface area (Å²) in [5.74, 6) is 0.766. The first-order chi connectivity index (χ1) is 9.63. The van der Waals surface area contributed by atoms with Gasteiger partial charge in [-0.3, -0.25) is 4.79 Å². The average Bonchev–Trinajstić information content (AvgIpc) is 2.84. The SMILES string of the molecule is C[C@@H]1CCCC[C@@H]1NC(=O)c1cc2cc(Cl)ccc2o1. The summed E-state index contributed by atoms with van der Waals surface area (Å²) in [5.41, 5.74) is 0.691. The van der Waals surface area contributed by atoms with Crippen LogP contribution in [-0.4, -0.2) is 11.9 Å². The molecular formula is C16H18ClNO2. The molecule has 1 heterocycles. The Morgan fingerprint density at radius 2 is 2.10 bits per heavy atom. The molecule has 4 heteroatoms. The van der Waals surface area contributed by atoms with Crippen LogP contribution in [0.4, 0.5) is 0 Å². The molecular weight excluding hydrogens is 274 g/mol. The highest BCUT2D eigenvalue weighted by atomic mass is 35.5. The molecule has 1 amide bonds. The van der Waals surface area contributed by atoms with Gasteiger partial charge in [0.05, 0.1) is 0 Å². The summed E-state index contributed by atoms with van der Waals surface area (Å²) in [6.07, 6.45) is 4.68. The van der Waals surface area contributed by atoms with E-state index in [0.717, 1.165) is 11.8 Å². The Hall–Kier alpha value is -1.48. The largest absolute Gasteiger partial charge is 0.451 e. The number of carbonyl (C=O) groups is 1. The Balaban J connectivity index is 1.78. The maximum Gasteiger partial charge on any atom is 0.287 e. The number of amides is 1. The van der Waals surface area contributed by atoms with E-state index in [1.54, 1.807) is 24.3 Å². The molecule has 3 nitrogen and oxygen atoms in total. The van der Waals surface area contributed by atoms with Crippen molar-refractivity contribution in [1.82, 2.24) is 5.32 Å². The number of hydrogen-bond acceptors (Lipinski definition) is 2. The fourth-order valence-corrected chi connectivity index (χ4v) is 3.08. The summed E-state index contributed by atoms with van der Waals surface area (Å²) in [7, 11) is 0. The monoisotopic (exact) mass is 291 g/mol. The molecule has 106 valence electrons. The molecule has 0 bridgehead atoms. The highest BCUT2D eigenvalue weighted by Gasteiger charge is 2.24. The van der Waals surface area contributed by atoms with Crippen LogP contribution in [0.25, 0.3) is 11.0 Å². The highest BCUT2D eigenvalue weighted by Crippen LogP contribution is 2.26. The van der Waals surface area contributed by atoms with Crippen LogP contribution in [-0.2, 0) is 0 Å². The number of hydrogen-bond donors (Lipinski definition) is 1. The van der Waals surface area contributed by atoms with Gasteiger partial charge in [-0.15, -0.1) is 0 Å². The fraction of sp³-hybridized carbons (Fsp3) is 0.438. The van der Waals surface area contributed by atoms with E-state index in [9.17, 15) is 4.79 Å². The highest BCUT2D eigenvalue weighted by molar-refractivity contribution is 6.31. The molecule has 2 aromatic rings. The lowest BCUT2D eigenvalue weighted by atomic mass is 9.86. The van der Waals surface area contributed by atoms with Gasteiger partial charge in [-0.1, -0.05) is 31.4 Å². The first kappa shape index (κ1) is 13.5. The van der Waals surface area contributed by atoms with Gasteiger partial charge in [0, 0.05) is 16.5 Å². The molecule has 1 aromatic carbocycles. The maximum absolute atomic E-state index is 12.3. The molecule has 1 aromatic heterocycles. The molecule has 1 fully saturated rings. The van der Waals surface area contributed by atoms with Crippen molar-refractivity contribution in [2.75, 3.05) is 0 Å². The molecule has 3 rings (SSSR count). The molecule has 0 spiro atoms. The predicted molar refractivity (Wildman–Crippen MR) is 80.1 cm³/mol. The molecule has 2 atom stereocenters. The van der Waals surface area contributed by atoms with E-state index < -0.39 is 0 Å². The van der Waals surface area contributed by atoms with Gasteiger partial charge >= 0.3 is 0 Å². The zero-order valence-electron chi connectivity index (χ0n) is 11.5. The van der Waals surface area contributed by atoms with Gasteiger partial charge in [-0.25, -0.2) is 0 Å². The summed E-state index contributed by atoms with van der Waals surface area (Å²) in [6.45, 7) is 2.20. The van der Waals surface area contributed by atoms with Crippen molar-refractivity contribution in [2.45, 2.75) is 38.6 Å². The van der Waals surface area contributed by atoms with Gasteiger partial charge in [0.15, 0.2) is 5.76 Å². The molecule has 0 unspecified atom stereocenters. The second kappa shape index (κ2) is 5.49. The second-order valence-electron chi connectivity index (χ2n) is 5.63. The summed E-state index contributed by atoms with van der Waals surface area (Å²) in [6, 6.07) is 7.37. The Labute approximate surface area is 123 Å². The summed E-state index contributed by atoms with van der Waals surface area (Å²) in [4.78, 5) is 12.3. The normalized spacial score (nSPS) is 22.9. The Bertz CT molecular complexity index is 634. The third-order valence-electron chi connectivity index (χ3n) is 4.13. The summed E-state index contributed by atoms with van der Waals surface area (Å²) < 4.78 is 5.59. The van der Waals surface area contributed by atoms with Crippen LogP contribution in [0.5, 0.6) is 0 Å². The molecule has 0 radical (unpaired) electrons. The topological polar surface area (TPSA) is 42.2 Å². The molecule has 0 aliphatic heterocycles. The fourth-order valence-electron chi connectivity index (χ4n) is 2.90. The van der Waals surface area contributed by atoms with Gasteiger partial charge < -0.3 is 9.73 Å². The van der Waals surface area contributed by atoms with Crippen LogP contribution in [0.3, 0.4) is 0 Å². The third kappa shape index (κ3) is 2.68. The lowest BCUT2D eigenvalue weighted by Crippen LogP contribution is -2.40. The molecule has 1 saturated carbocycles. The van der Waals surface area contributed by atoms with Crippen LogP contribution >= 0.6 is 11.6 Å². The van der Waals surface area contributed by atoms with Crippen molar-refractivity contribution in [1.29, 1.82) is 0 Å².